The van der Waals surface area contributed by atoms with Crippen molar-refractivity contribution in [1.82, 2.24) is 5.32 Å². The maximum absolute atomic E-state index is 12.1. The third kappa shape index (κ3) is 4.19. The number of carbonyl (C=O) groups is 1. The molecule has 1 aromatic carbocycles. The van der Waals surface area contributed by atoms with Gasteiger partial charge in [0.1, 0.15) is 0 Å². The Hall–Kier alpha value is -1.11. The van der Waals surface area contributed by atoms with Gasteiger partial charge in [-0.25, -0.2) is 8.42 Å². The van der Waals surface area contributed by atoms with Crippen molar-refractivity contribution in [2.75, 3.05) is 13.7 Å². The number of rotatable bonds is 5. The van der Waals surface area contributed by atoms with Crippen LogP contribution < -0.4 is 5.32 Å². The number of halogens is 1. The van der Waals surface area contributed by atoms with Crippen molar-refractivity contribution in [1.29, 1.82) is 0 Å². The maximum atomic E-state index is 12.1. The minimum atomic E-state index is -3.88. The zero-order valence-electron chi connectivity index (χ0n) is 11.9. The molecule has 1 unspecified atom stereocenters. The molecule has 0 aromatic heterocycles. The first-order valence-corrected chi connectivity index (χ1v) is 8.33. The molecule has 0 aliphatic carbocycles. The zero-order chi connectivity index (χ0) is 15.5. The van der Waals surface area contributed by atoms with Gasteiger partial charge < -0.3 is 10.1 Å². The van der Waals surface area contributed by atoms with Crippen LogP contribution in [0.2, 0.25) is 0 Å². The standard InChI is InChI=1S/C13H18ClNO4S/c1-8-5-11(13(16)15-9(2)7-19-4)6-12(10(8)3)20(14,17)18/h5-6,9H,7H2,1-4H3,(H,15,16). The predicted molar refractivity (Wildman–Crippen MR) is 77.8 cm³/mol. The van der Waals surface area contributed by atoms with Crippen molar-refractivity contribution in [2.24, 2.45) is 0 Å². The lowest BCUT2D eigenvalue weighted by molar-refractivity contribution is 0.0905. The lowest BCUT2D eigenvalue weighted by atomic mass is 10.1. The fourth-order valence-corrected chi connectivity index (χ4v) is 3.09. The van der Waals surface area contributed by atoms with E-state index in [4.69, 9.17) is 15.4 Å². The molecular formula is C13H18ClNO4S. The molecular weight excluding hydrogens is 302 g/mol. The monoisotopic (exact) mass is 319 g/mol. The molecule has 1 amide bonds. The molecule has 0 bridgehead atoms. The molecule has 1 rings (SSSR count). The Morgan fingerprint density at radius 1 is 1.40 bits per heavy atom. The van der Waals surface area contributed by atoms with Crippen LogP contribution in [-0.4, -0.2) is 34.1 Å². The number of aryl methyl sites for hydroxylation is 1. The Balaban J connectivity index is 3.15. The van der Waals surface area contributed by atoms with E-state index in [1.807, 2.05) is 0 Å². The summed E-state index contributed by atoms with van der Waals surface area (Å²) in [6.45, 7) is 5.55. The van der Waals surface area contributed by atoms with Crippen molar-refractivity contribution in [3.05, 3.63) is 28.8 Å². The van der Waals surface area contributed by atoms with E-state index in [2.05, 4.69) is 5.32 Å². The van der Waals surface area contributed by atoms with Crippen LogP contribution in [0.1, 0.15) is 28.4 Å². The highest BCUT2D eigenvalue weighted by Crippen LogP contribution is 2.24. The van der Waals surface area contributed by atoms with Crippen LogP contribution in [0, 0.1) is 13.8 Å². The molecule has 0 aliphatic heterocycles. The lowest BCUT2D eigenvalue weighted by Crippen LogP contribution is -2.35. The van der Waals surface area contributed by atoms with Crippen molar-refractivity contribution < 1.29 is 17.9 Å². The highest BCUT2D eigenvalue weighted by atomic mass is 35.7. The predicted octanol–water partition coefficient (Wildman–Crippen LogP) is 2.00. The van der Waals surface area contributed by atoms with Gasteiger partial charge >= 0.3 is 0 Å². The third-order valence-electron chi connectivity index (χ3n) is 2.94. The topological polar surface area (TPSA) is 72.5 Å². The SMILES string of the molecule is COCC(C)NC(=O)c1cc(C)c(C)c(S(=O)(=O)Cl)c1. The number of hydrogen-bond acceptors (Lipinski definition) is 4. The number of methoxy groups -OCH3 is 1. The van der Waals surface area contributed by atoms with Crippen LogP contribution in [0.25, 0.3) is 0 Å². The van der Waals surface area contributed by atoms with Crippen molar-refractivity contribution in [3.8, 4) is 0 Å². The molecule has 112 valence electrons. The van der Waals surface area contributed by atoms with Crippen LogP contribution in [0.3, 0.4) is 0 Å². The summed E-state index contributed by atoms with van der Waals surface area (Å²) >= 11 is 0. The minimum absolute atomic E-state index is 0.0382. The van der Waals surface area contributed by atoms with E-state index in [1.165, 1.54) is 13.2 Å². The summed E-state index contributed by atoms with van der Waals surface area (Å²) in [6.07, 6.45) is 0. The Morgan fingerprint density at radius 3 is 2.50 bits per heavy atom. The van der Waals surface area contributed by atoms with E-state index < -0.39 is 9.05 Å². The van der Waals surface area contributed by atoms with Gasteiger partial charge in [0.15, 0.2) is 0 Å². The van der Waals surface area contributed by atoms with Crippen molar-refractivity contribution >= 4 is 25.6 Å². The van der Waals surface area contributed by atoms with E-state index in [0.717, 1.165) is 0 Å². The Morgan fingerprint density at radius 2 is 2.00 bits per heavy atom. The van der Waals surface area contributed by atoms with Crippen LogP contribution in [-0.2, 0) is 13.8 Å². The second-order valence-corrected chi connectivity index (χ2v) is 7.22. The van der Waals surface area contributed by atoms with E-state index in [9.17, 15) is 13.2 Å². The maximum Gasteiger partial charge on any atom is 0.261 e. The first-order chi connectivity index (χ1) is 9.16. The Labute approximate surface area is 123 Å². The minimum Gasteiger partial charge on any atom is -0.383 e. The summed E-state index contributed by atoms with van der Waals surface area (Å²) in [4.78, 5) is 12.0. The number of carbonyl (C=O) groups excluding carboxylic acids is 1. The molecule has 0 aliphatic rings. The van der Waals surface area contributed by atoms with Crippen molar-refractivity contribution in [2.45, 2.75) is 31.7 Å². The molecule has 0 heterocycles. The molecule has 1 aromatic rings. The molecule has 0 saturated heterocycles. The average Bonchev–Trinajstić information content (AvgIpc) is 2.30. The normalized spacial score (nSPS) is 13.1. The lowest BCUT2D eigenvalue weighted by Gasteiger charge is -2.14. The highest BCUT2D eigenvalue weighted by molar-refractivity contribution is 8.13. The number of ether oxygens (including phenoxy) is 1. The van der Waals surface area contributed by atoms with Crippen LogP contribution >= 0.6 is 10.7 Å². The quantitative estimate of drug-likeness (QED) is 0.842. The molecule has 5 nitrogen and oxygen atoms in total. The van der Waals surface area contributed by atoms with Gasteiger partial charge in [0, 0.05) is 29.4 Å². The van der Waals surface area contributed by atoms with E-state index >= 15 is 0 Å². The molecule has 0 fully saturated rings. The van der Waals surface area contributed by atoms with Gasteiger partial charge in [0.2, 0.25) is 0 Å². The zero-order valence-corrected chi connectivity index (χ0v) is 13.4. The number of benzene rings is 1. The van der Waals surface area contributed by atoms with Crippen molar-refractivity contribution in [3.63, 3.8) is 0 Å². The Bertz CT molecular complexity index is 613. The molecule has 7 heteroatoms. The molecule has 1 N–H and O–H groups in total. The van der Waals surface area contributed by atoms with E-state index in [0.29, 0.717) is 17.7 Å². The fraction of sp³-hybridized carbons (Fsp3) is 0.462. The average molecular weight is 320 g/mol. The molecule has 1 atom stereocenters. The second kappa shape index (κ2) is 6.56. The summed E-state index contributed by atoms with van der Waals surface area (Å²) in [7, 11) is 3.04. The van der Waals surface area contributed by atoms with Gasteiger partial charge in [-0.3, -0.25) is 4.79 Å². The van der Waals surface area contributed by atoms with Gasteiger partial charge in [-0.2, -0.15) is 0 Å². The fourth-order valence-electron chi connectivity index (χ4n) is 1.81. The molecule has 0 spiro atoms. The van der Waals surface area contributed by atoms with Gasteiger partial charge in [-0.15, -0.1) is 0 Å². The highest BCUT2D eigenvalue weighted by Gasteiger charge is 2.19. The summed E-state index contributed by atoms with van der Waals surface area (Å²) in [6, 6.07) is 2.75. The van der Waals surface area contributed by atoms with E-state index in [1.54, 1.807) is 26.8 Å². The van der Waals surface area contributed by atoms with E-state index in [-0.39, 0.29) is 22.4 Å². The molecule has 0 saturated carbocycles. The molecule has 20 heavy (non-hydrogen) atoms. The number of hydrogen-bond donors (Lipinski definition) is 1. The molecule has 0 radical (unpaired) electrons. The smallest absolute Gasteiger partial charge is 0.261 e. The van der Waals surface area contributed by atoms with Gasteiger partial charge in [-0.1, -0.05) is 0 Å². The number of nitrogens with one attached hydrogen (secondary N) is 1. The number of amides is 1. The summed E-state index contributed by atoms with van der Waals surface area (Å²) in [5.74, 6) is -0.362. The summed E-state index contributed by atoms with van der Waals surface area (Å²) < 4.78 is 28.0. The van der Waals surface area contributed by atoms with Gasteiger partial charge in [0.25, 0.3) is 15.0 Å². The largest absolute Gasteiger partial charge is 0.383 e. The first kappa shape index (κ1) is 16.9. The summed E-state index contributed by atoms with van der Waals surface area (Å²) in [5.41, 5.74) is 1.49. The summed E-state index contributed by atoms with van der Waals surface area (Å²) in [5, 5.41) is 2.72. The van der Waals surface area contributed by atoms with Crippen LogP contribution in [0.5, 0.6) is 0 Å². The van der Waals surface area contributed by atoms with Gasteiger partial charge in [-0.05, 0) is 44.0 Å². The van der Waals surface area contributed by atoms with Gasteiger partial charge in [0.05, 0.1) is 11.5 Å². The first-order valence-electron chi connectivity index (χ1n) is 6.02. The Kier molecular flexibility index (Phi) is 5.56. The van der Waals surface area contributed by atoms with Crippen LogP contribution in [0.15, 0.2) is 17.0 Å². The third-order valence-corrected chi connectivity index (χ3v) is 4.39. The van der Waals surface area contributed by atoms with Crippen LogP contribution in [0.4, 0.5) is 0 Å². The second-order valence-electron chi connectivity index (χ2n) is 4.68.